The fraction of sp³-hybridized carbons (Fsp3) is 0.333. The van der Waals surface area contributed by atoms with Crippen LogP contribution in [-0.4, -0.2) is 27.4 Å². The van der Waals surface area contributed by atoms with Crippen LogP contribution in [-0.2, 0) is 17.9 Å². The Bertz CT molecular complexity index is 605. The van der Waals surface area contributed by atoms with Gasteiger partial charge in [-0.25, -0.2) is 0 Å². The van der Waals surface area contributed by atoms with Crippen molar-refractivity contribution in [3.8, 4) is 11.5 Å². The van der Waals surface area contributed by atoms with Crippen LogP contribution in [0.25, 0.3) is 0 Å². The molecule has 124 valence electrons. The van der Waals surface area contributed by atoms with E-state index in [0.29, 0.717) is 13.2 Å². The van der Waals surface area contributed by atoms with Crippen LogP contribution < -0.4 is 14.8 Å². The summed E-state index contributed by atoms with van der Waals surface area (Å²) in [5.74, 6) is 1.55. The molecule has 23 heavy (non-hydrogen) atoms. The number of ether oxygens (including phenoxy) is 3. The first-order valence-electron chi connectivity index (χ1n) is 7.47. The van der Waals surface area contributed by atoms with Crippen LogP contribution >= 0.6 is 22.6 Å². The van der Waals surface area contributed by atoms with Gasteiger partial charge in [-0.3, -0.25) is 0 Å². The fourth-order valence-corrected chi connectivity index (χ4v) is 2.97. The van der Waals surface area contributed by atoms with E-state index in [9.17, 15) is 0 Å². The quantitative estimate of drug-likeness (QED) is 0.491. The molecule has 4 nitrogen and oxygen atoms in total. The van der Waals surface area contributed by atoms with E-state index in [2.05, 4.69) is 34.0 Å². The van der Waals surface area contributed by atoms with Crippen molar-refractivity contribution in [1.29, 1.82) is 0 Å². The van der Waals surface area contributed by atoms with E-state index in [4.69, 9.17) is 14.2 Å². The van der Waals surface area contributed by atoms with Crippen molar-refractivity contribution in [2.24, 2.45) is 0 Å². The molecule has 2 rings (SSSR count). The lowest BCUT2D eigenvalue weighted by Gasteiger charge is -2.15. The van der Waals surface area contributed by atoms with E-state index < -0.39 is 0 Å². The van der Waals surface area contributed by atoms with E-state index in [0.717, 1.165) is 39.3 Å². The van der Waals surface area contributed by atoms with E-state index in [1.807, 2.05) is 36.4 Å². The van der Waals surface area contributed by atoms with Gasteiger partial charge in [-0.15, -0.1) is 0 Å². The second kappa shape index (κ2) is 9.75. The molecule has 0 unspecified atom stereocenters. The standard InChI is InChI=1S/C18H22INO3/c1-21-9-8-20-12-15-10-16(19)18(17(11-15)22-2)23-13-14-6-4-3-5-7-14/h3-7,10-11,20H,8-9,12-13H2,1-2H3. The minimum atomic E-state index is 0.526. The topological polar surface area (TPSA) is 39.7 Å². The van der Waals surface area contributed by atoms with Gasteiger partial charge in [0.15, 0.2) is 11.5 Å². The predicted molar refractivity (Wildman–Crippen MR) is 100 cm³/mol. The van der Waals surface area contributed by atoms with Gasteiger partial charge < -0.3 is 19.5 Å². The van der Waals surface area contributed by atoms with Crippen LogP contribution in [0.15, 0.2) is 42.5 Å². The fourth-order valence-electron chi connectivity index (χ4n) is 2.15. The number of benzene rings is 2. The first-order valence-corrected chi connectivity index (χ1v) is 8.55. The second-order valence-corrected chi connectivity index (χ2v) is 6.22. The van der Waals surface area contributed by atoms with Crippen LogP contribution in [0.3, 0.4) is 0 Å². The number of halogens is 1. The van der Waals surface area contributed by atoms with E-state index >= 15 is 0 Å². The van der Waals surface area contributed by atoms with Gasteiger partial charge in [-0.1, -0.05) is 30.3 Å². The monoisotopic (exact) mass is 427 g/mol. The molecule has 0 saturated carbocycles. The summed E-state index contributed by atoms with van der Waals surface area (Å²) in [4.78, 5) is 0. The van der Waals surface area contributed by atoms with Crippen LogP contribution in [0.5, 0.6) is 11.5 Å². The van der Waals surface area contributed by atoms with Crippen molar-refractivity contribution in [3.63, 3.8) is 0 Å². The molecule has 0 aromatic heterocycles. The zero-order valence-electron chi connectivity index (χ0n) is 13.5. The highest BCUT2D eigenvalue weighted by molar-refractivity contribution is 14.1. The molecule has 0 fully saturated rings. The van der Waals surface area contributed by atoms with E-state index in [-0.39, 0.29) is 0 Å². The lowest BCUT2D eigenvalue weighted by Crippen LogP contribution is -2.18. The third-order valence-electron chi connectivity index (χ3n) is 3.33. The number of methoxy groups -OCH3 is 2. The Hall–Kier alpha value is -1.31. The van der Waals surface area contributed by atoms with Gasteiger partial charge in [0.05, 0.1) is 17.3 Å². The predicted octanol–water partition coefficient (Wildman–Crippen LogP) is 3.61. The van der Waals surface area contributed by atoms with Gasteiger partial charge in [-0.2, -0.15) is 0 Å². The van der Waals surface area contributed by atoms with Crippen LogP contribution in [0.1, 0.15) is 11.1 Å². The summed E-state index contributed by atoms with van der Waals surface area (Å²) in [6.07, 6.45) is 0. The summed E-state index contributed by atoms with van der Waals surface area (Å²) in [5, 5.41) is 3.33. The van der Waals surface area contributed by atoms with Gasteiger partial charge in [0.1, 0.15) is 6.61 Å². The number of hydrogen-bond acceptors (Lipinski definition) is 4. The highest BCUT2D eigenvalue weighted by Gasteiger charge is 2.12. The highest BCUT2D eigenvalue weighted by atomic mass is 127. The zero-order valence-corrected chi connectivity index (χ0v) is 15.6. The van der Waals surface area contributed by atoms with Crippen molar-refractivity contribution < 1.29 is 14.2 Å². The smallest absolute Gasteiger partial charge is 0.174 e. The SMILES string of the molecule is COCCNCc1cc(I)c(OCc2ccccc2)c(OC)c1. The summed E-state index contributed by atoms with van der Waals surface area (Å²) in [6.45, 7) is 2.82. The lowest BCUT2D eigenvalue weighted by atomic mass is 10.2. The summed E-state index contributed by atoms with van der Waals surface area (Å²) in [5.41, 5.74) is 2.30. The minimum Gasteiger partial charge on any atom is -0.493 e. The maximum Gasteiger partial charge on any atom is 0.174 e. The molecule has 5 heteroatoms. The Morgan fingerprint density at radius 2 is 1.83 bits per heavy atom. The Kier molecular flexibility index (Phi) is 7.64. The zero-order chi connectivity index (χ0) is 16.5. The Balaban J connectivity index is 2.04. The molecule has 0 amide bonds. The molecule has 0 aliphatic rings. The first kappa shape index (κ1) is 18.0. The molecule has 0 aliphatic heterocycles. The van der Waals surface area contributed by atoms with Gasteiger partial charge in [0.2, 0.25) is 0 Å². The third-order valence-corrected chi connectivity index (χ3v) is 4.13. The molecule has 0 atom stereocenters. The first-order chi connectivity index (χ1) is 11.2. The van der Waals surface area contributed by atoms with E-state index in [1.165, 1.54) is 0 Å². The minimum absolute atomic E-state index is 0.526. The van der Waals surface area contributed by atoms with Crippen molar-refractivity contribution in [2.75, 3.05) is 27.4 Å². The summed E-state index contributed by atoms with van der Waals surface area (Å²) in [6, 6.07) is 14.2. The van der Waals surface area contributed by atoms with Gasteiger partial charge >= 0.3 is 0 Å². The Morgan fingerprint density at radius 3 is 2.52 bits per heavy atom. The van der Waals surface area contributed by atoms with Crippen molar-refractivity contribution >= 4 is 22.6 Å². The molecule has 2 aromatic rings. The normalized spacial score (nSPS) is 10.6. The van der Waals surface area contributed by atoms with Gasteiger partial charge in [0.25, 0.3) is 0 Å². The Labute approximate surface area is 151 Å². The molecule has 0 aliphatic carbocycles. The molecule has 0 saturated heterocycles. The van der Waals surface area contributed by atoms with Crippen molar-refractivity contribution in [2.45, 2.75) is 13.2 Å². The number of hydrogen-bond donors (Lipinski definition) is 1. The maximum atomic E-state index is 5.97. The van der Waals surface area contributed by atoms with Crippen LogP contribution in [0.2, 0.25) is 0 Å². The molecular formula is C18H22INO3. The molecule has 0 spiro atoms. The lowest BCUT2D eigenvalue weighted by molar-refractivity contribution is 0.199. The average Bonchev–Trinajstić information content (AvgIpc) is 2.58. The molecule has 1 N–H and O–H groups in total. The molecule has 2 aromatic carbocycles. The van der Waals surface area contributed by atoms with Gasteiger partial charge in [0, 0.05) is 20.2 Å². The Morgan fingerprint density at radius 1 is 1.04 bits per heavy atom. The summed E-state index contributed by atoms with van der Waals surface area (Å²) >= 11 is 2.29. The average molecular weight is 427 g/mol. The van der Waals surface area contributed by atoms with Crippen molar-refractivity contribution in [3.05, 3.63) is 57.2 Å². The van der Waals surface area contributed by atoms with Crippen molar-refractivity contribution in [1.82, 2.24) is 5.32 Å². The number of rotatable bonds is 9. The largest absolute Gasteiger partial charge is 0.493 e. The van der Waals surface area contributed by atoms with Crippen LogP contribution in [0.4, 0.5) is 0 Å². The van der Waals surface area contributed by atoms with Gasteiger partial charge in [-0.05, 0) is 45.9 Å². The summed E-state index contributed by atoms with van der Waals surface area (Å²) in [7, 11) is 3.37. The highest BCUT2D eigenvalue weighted by Crippen LogP contribution is 2.34. The molecule has 0 radical (unpaired) electrons. The maximum absolute atomic E-state index is 5.97. The molecule has 0 heterocycles. The second-order valence-electron chi connectivity index (χ2n) is 5.05. The number of nitrogens with one attached hydrogen (secondary N) is 1. The van der Waals surface area contributed by atoms with Crippen LogP contribution in [0, 0.1) is 3.57 Å². The molecule has 0 bridgehead atoms. The third kappa shape index (κ3) is 5.67. The molecular weight excluding hydrogens is 405 g/mol. The summed E-state index contributed by atoms with van der Waals surface area (Å²) < 4.78 is 17.5. The van der Waals surface area contributed by atoms with E-state index in [1.54, 1.807) is 14.2 Å².